The Morgan fingerprint density at radius 1 is 1.83 bits per heavy atom. The van der Waals surface area contributed by atoms with E-state index in [1.165, 1.54) is 4.88 Å². The Bertz CT molecular complexity index is 280. The summed E-state index contributed by atoms with van der Waals surface area (Å²) >= 11 is 5.09. The van der Waals surface area contributed by atoms with Crippen LogP contribution in [0.15, 0.2) is 28.1 Å². The predicted molar refractivity (Wildman–Crippen MR) is 58.4 cm³/mol. The first-order valence-electron chi connectivity index (χ1n) is 3.73. The van der Waals surface area contributed by atoms with Gasteiger partial charge in [-0.05, 0) is 35.3 Å². The van der Waals surface area contributed by atoms with Gasteiger partial charge < -0.3 is 5.73 Å². The van der Waals surface area contributed by atoms with Gasteiger partial charge >= 0.3 is 0 Å². The topological polar surface area (TPSA) is 26.0 Å². The zero-order valence-corrected chi connectivity index (χ0v) is 9.41. The number of hydrogen-bond donors (Lipinski definition) is 1. The third kappa shape index (κ3) is 2.73. The Labute approximate surface area is 85.4 Å². The highest BCUT2D eigenvalue weighted by atomic mass is 79.9. The van der Waals surface area contributed by atoms with Crippen LogP contribution in [0.4, 0.5) is 0 Å². The van der Waals surface area contributed by atoms with Crippen molar-refractivity contribution in [2.75, 3.05) is 0 Å². The second-order valence-corrected chi connectivity index (χ2v) is 4.79. The molecule has 0 saturated carbocycles. The van der Waals surface area contributed by atoms with E-state index in [1.54, 1.807) is 11.3 Å². The van der Waals surface area contributed by atoms with E-state index in [4.69, 9.17) is 5.73 Å². The fourth-order valence-corrected chi connectivity index (χ4v) is 2.45. The summed E-state index contributed by atoms with van der Waals surface area (Å²) in [5.41, 5.74) is 7.07. The molecule has 0 bridgehead atoms. The number of halogens is 1. The molecule has 1 aromatic rings. The molecule has 1 aromatic heterocycles. The van der Waals surface area contributed by atoms with Gasteiger partial charge in [-0.3, -0.25) is 0 Å². The van der Waals surface area contributed by atoms with Crippen molar-refractivity contribution in [3.8, 4) is 0 Å². The molecule has 0 fully saturated rings. The van der Waals surface area contributed by atoms with Crippen molar-refractivity contribution >= 4 is 27.3 Å². The third-order valence-electron chi connectivity index (χ3n) is 1.52. The second kappa shape index (κ2) is 4.21. The minimum Gasteiger partial charge on any atom is -0.323 e. The molecule has 0 radical (unpaired) electrons. The van der Waals surface area contributed by atoms with Gasteiger partial charge in [0.25, 0.3) is 0 Å². The molecule has 1 rings (SSSR count). The maximum atomic E-state index is 5.94. The van der Waals surface area contributed by atoms with Crippen LogP contribution in [0.1, 0.15) is 24.3 Å². The Kier molecular flexibility index (Phi) is 3.50. The van der Waals surface area contributed by atoms with Gasteiger partial charge in [-0.1, -0.05) is 5.57 Å². The van der Waals surface area contributed by atoms with Crippen LogP contribution in [0.2, 0.25) is 0 Å². The first kappa shape index (κ1) is 9.96. The van der Waals surface area contributed by atoms with Gasteiger partial charge in [-0.15, -0.1) is 17.9 Å². The highest BCUT2D eigenvalue weighted by molar-refractivity contribution is 9.10. The highest BCUT2D eigenvalue weighted by Crippen LogP contribution is 2.27. The van der Waals surface area contributed by atoms with Crippen molar-refractivity contribution in [3.05, 3.63) is 32.9 Å². The van der Waals surface area contributed by atoms with E-state index in [2.05, 4.69) is 28.6 Å². The minimum atomic E-state index is 0.110. The molecular formula is C9H12BrNS. The van der Waals surface area contributed by atoms with Gasteiger partial charge in [0, 0.05) is 20.8 Å². The zero-order chi connectivity index (χ0) is 9.14. The van der Waals surface area contributed by atoms with Crippen LogP contribution in [0.25, 0.3) is 0 Å². The molecule has 0 aliphatic rings. The van der Waals surface area contributed by atoms with Crippen molar-refractivity contribution in [2.24, 2.45) is 5.73 Å². The van der Waals surface area contributed by atoms with Gasteiger partial charge in [0.15, 0.2) is 0 Å². The van der Waals surface area contributed by atoms with Crippen LogP contribution in [0.3, 0.4) is 0 Å². The molecule has 0 aromatic carbocycles. The van der Waals surface area contributed by atoms with E-state index in [0.717, 1.165) is 16.5 Å². The summed E-state index contributed by atoms with van der Waals surface area (Å²) in [4.78, 5) is 1.21. The van der Waals surface area contributed by atoms with Crippen LogP contribution in [-0.4, -0.2) is 0 Å². The minimum absolute atomic E-state index is 0.110. The molecular weight excluding hydrogens is 234 g/mol. The van der Waals surface area contributed by atoms with Gasteiger partial charge in [0.05, 0.1) is 0 Å². The molecule has 12 heavy (non-hydrogen) atoms. The van der Waals surface area contributed by atoms with Crippen molar-refractivity contribution < 1.29 is 0 Å². The number of rotatable bonds is 3. The Hall–Kier alpha value is -0.120. The lowest BCUT2D eigenvalue weighted by atomic mass is 10.1. The van der Waals surface area contributed by atoms with Crippen molar-refractivity contribution in [3.63, 3.8) is 0 Å². The molecule has 3 heteroatoms. The summed E-state index contributed by atoms with van der Waals surface area (Å²) < 4.78 is 1.11. The van der Waals surface area contributed by atoms with E-state index in [-0.39, 0.29) is 6.04 Å². The largest absolute Gasteiger partial charge is 0.323 e. The Morgan fingerprint density at radius 2 is 2.50 bits per heavy atom. The van der Waals surface area contributed by atoms with E-state index >= 15 is 0 Å². The Morgan fingerprint density at radius 3 is 2.92 bits per heavy atom. The molecule has 2 N–H and O–H groups in total. The molecule has 0 unspecified atom stereocenters. The lowest BCUT2D eigenvalue weighted by Crippen LogP contribution is -2.08. The summed E-state index contributed by atoms with van der Waals surface area (Å²) in [6, 6.07) is 2.18. The van der Waals surface area contributed by atoms with Crippen LogP contribution >= 0.6 is 27.3 Å². The van der Waals surface area contributed by atoms with Crippen LogP contribution in [0, 0.1) is 0 Å². The van der Waals surface area contributed by atoms with Gasteiger partial charge in [-0.2, -0.15) is 0 Å². The quantitative estimate of drug-likeness (QED) is 0.812. The van der Waals surface area contributed by atoms with Crippen molar-refractivity contribution in [1.29, 1.82) is 0 Å². The maximum absolute atomic E-state index is 5.94. The molecule has 0 aliphatic carbocycles. The number of thiophene rings is 1. The lowest BCUT2D eigenvalue weighted by molar-refractivity contribution is 0.731. The lowest BCUT2D eigenvalue weighted by Gasteiger charge is -2.07. The first-order chi connectivity index (χ1) is 5.59. The van der Waals surface area contributed by atoms with Crippen molar-refractivity contribution in [1.82, 2.24) is 0 Å². The molecule has 0 amide bonds. The molecule has 0 spiro atoms. The SMILES string of the molecule is C=C(C)C[C@H](N)c1cc(Br)cs1. The van der Waals surface area contributed by atoms with E-state index in [1.807, 2.05) is 12.3 Å². The van der Waals surface area contributed by atoms with E-state index in [9.17, 15) is 0 Å². The van der Waals surface area contributed by atoms with Gasteiger partial charge in [0.2, 0.25) is 0 Å². The molecule has 66 valence electrons. The normalized spacial score (nSPS) is 12.9. The molecule has 1 heterocycles. The number of nitrogens with two attached hydrogens (primary N) is 1. The van der Waals surface area contributed by atoms with Crippen molar-refractivity contribution in [2.45, 2.75) is 19.4 Å². The second-order valence-electron chi connectivity index (χ2n) is 2.94. The van der Waals surface area contributed by atoms with Gasteiger partial charge in [0.1, 0.15) is 0 Å². The van der Waals surface area contributed by atoms with E-state index in [0.29, 0.717) is 0 Å². The average Bonchev–Trinajstić information content (AvgIpc) is 2.34. The van der Waals surface area contributed by atoms with E-state index < -0.39 is 0 Å². The summed E-state index contributed by atoms with van der Waals surface area (Å²) in [6.45, 7) is 5.84. The van der Waals surface area contributed by atoms with Crippen LogP contribution in [0.5, 0.6) is 0 Å². The van der Waals surface area contributed by atoms with Crippen LogP contribution < -0.4 is 5.73 Å². The summed E-state index contributed by atoms with van der Waals surface area (Å²) in [5, 5.41) is 2.05. The molecule has 1 atom stereocenters. The van der Waals surface area contributed by atoms with Crippen LogP contribution in [-0.2, 0) is 0 Å². The molecule has 1 nitrogen and oxygen atoms in total. The highest BCUT2D eigenvalue weighted by Gasteiger charge is 2.07. The predicted octanol–water partition coefficient (Wildman–Crippen LogP) is 3.48. The first-order valence-corrected chi connectivity index (χ1v) is 5.40. The Balaban J connectivity index is 2.64. The molecule has 0 aliphatic heterocycles. The monoisotopic (exact) mass is 245 g/mol. The number of hydrogen-bond acceptors (Lipinski definition) is 2. The summed E-state index contributed by atoms with van der Waals surface area (Å²) in [7, 11) is 0. The fraction of sp³-hybridized carbons (Fsp3) is 0.333. The smallest absolute Gasteiger partial charge is 0.0427 e. The zero-order valence-electron chi connectivity index (χ0n) is 7.01. The van der Waals surface area contributed by atoms with Gasteiger partial charge in [-0.25, -0.2) is 0 Å². The fourth-order valence-electron chi connectivity index (χ4n) is 0.999. The maximum Gasteiger partial charge on any atom is 0.0427 e. The molecule has 0 saturated heterocycles. The summed E-state index contributed by atoms with van der Waals surface area (Å²) in [5.74, 6) is 0. The standard InChI is InChI=1S/C9H12BrNS/c1-6(2)3-8(11)9-4-7(10)5-12-9/h4-5,8H,1,3,11H2,2H3/t8-/m0/s1. The third-order valence-corrected chi connectivity index (χ3v) is 3.35. The average molecular weight is 246 g/mol. The summed E-state index contributed by atoms with van der Waals surface area (Å²) in [6.07, 6.45) is 0.868.